The van der Waals surface area contributed by atoms with E-state index in [9.17, 15) is 4.79 Å². The minimum Gasteiger partial charge on any atom is -0.382 e. The number of rotatable bonds is 1. The van der Waals surface area contributed by atoms with E-state index >= 15 is 0 Å². The maximum absolute atomic E-state index is 9.45. The van der Waals surface area contributed by atoms with Crippen LogP contribution in [0, 0.1) is 0 Å². The zero-order chi connectivity index (χ0) is 5.21. The van der Waals surface area contributed by atoms with Gasteiger partial charge in [0.1, 0.15) is 5.60 Å². The first-order valence-electron chi connectivity index (χ1n) is 1.68. The topological polar surface area (TPSA) is 37.3 Å². The highest BCUT2D eigenvalue weighted by Crippen LogP contribution is 1.91. The van der Waals surface area contributed by atoms with E-state index in [0.29, 0.717) is 0 Å². The summed E-state index contributed by atoms with van der Waals surface area (Å²) in [5.41, 5.74) is -1.26. The smallest absolute Gasteiger partial charge is 0.232 e. The molecule has 2 nitrogen and oxygen atoms in total. The molecule has 0 bridgehead atoms. The van der Waals surface area contributed by atoms with E-state index < -0.39 is 5.60 Å². The van der Waals surface area contributed by atoms with Crippen molar-refractivity contribution in [3.8, 4) is 0 Å². The molecule has 0 heterocycles. The van der Waals surface area contributed by atoms with Crippen LogP contribution in [0.2, 0.25) is 0 Å². The van der Waals surface area contributed by atoms with E-state index in [1.807, 2.05) is 0 Å². The van der Waals surface area contributed by atoms with Gasteiger partial charge in [0.25, 0.3) is 0 Å². The monoisotopic (exact) mass is 87.0 g/mol. The predicted octanol–water partition coefficient (Wildman–Crippen LogP) is -0.133. The highest BCUT2D eigenvalue weighted by atomic mass is 16.3. The van der Waals surface area contributed by atoms with Gasteiger partial charge in [-0.1, -0.05) is 0 Å². The lowest BCUT2D eigenvalue weighted by molar-refractivity contribution is 0.149. The Morgan fingerprint density at radius 3 is 1.83 bits per heavy atom. The van der Waals surface area contributed by atoms with Gasteiger partial charge in [0.15, 0.2) is 0 Å². The lowest BCUT2D eigenvalue weighted by Crippen LogP contribution is -2.19. The lowest BCUT2D eigenvalue weighted by atomic mass is 10.2. The lowest BCUT2D eigenvalue weighted by Gasteiger charge is -2.01. The fourth-order valence-electron chi connectivity index (χ4n) is 0. The molecule has 0 aromatic rings. The number of hydrogen-bond donors (Lipinski definition) is 1. The molecule has 6 heavy (non-hydrogen) atoms. The van der Waals surface area contributed by atoms with Crippen molar-refractivity contribution in [2.75, 3.05) is 0 Å². The number of hydrogen-bond acceptors (Lipinski definition) is 2. The van der Waals surface area contributed by atoms with Crippen LogP contribution in [0.3, 0.4) is 0 Å². The predicted molar refractivity (Wildman–Crippen MR) is 22.0 cm³/mol. The fourth-order valence-corrected chi connectivity index (χ4v) is 0. The summed E-state index contributed by atoms with van der Waals surface area (Å²) in [5, 5.41) is 8.40. The molecule has 0 saturated heterocycles. The van der Waals surface area contributed by atoms with E-state index in [4.69, 9.17) is 5.11 Å². The second kappa shape index (κ2) is 1.39. The average molecular weight is 87.1 g/mol. The summed E-state index contributed by atoms with van der Waals surface area (Å²) in [6, 6.07) is 0. The molecule has 0 aliphatic carbocycles. The second-order valence-corrected chi connectivity index (χ2v) is 1.66. The molecule has 0 aromatic heterocycles. The van der Waals surface area contributed by atoms with E-state index in [0.717, 1.165) is 0 Å². The van der Waals surface area contributed by atoms with Crippen molar-refractivity contribution < 1.29 is 9.90 Å². The molecule has 35 valence electrons. The van der Waals surface area contributed by atoms with Crippen molar-refractivity contribution in [3.05, 3.63) is 0 Å². The standard InChI is InChI=1S/C4H7O2/c1-4(2,6)3-5/h6H,1-2H3. The quantitative estimate of drug-likeness (QED) is 0.483. The highest BCUT2D eigenvalue weighted by Gasteiger charge is 2.09. The van der Waals surface area contributed by atoms with Gasteiger partial charge in [0.2, 0.25) is 6.29 Å². The summed E-state index contributed by atoms with van der Waals surface area (Å²) in [5.74, 6) is 0. The van der Waals surface area contributed by atoms with Crippen molar-refractivity contribution in [2.24, 2.45) is 0 Å². The second-order valence-electron chi connectivity index (χ2n) is 1.66. The van der Waals surface area contributed by atoms with Gasteiger partial charge in [-0.2, -0.15) is 0 Å². The van der Waals surface area contributed by atoms with Crippen LogP contribution >= 0.6 is 0 Å². The Morgan fingerprint density at radius 2 is 1.83 bits per heavy atom. The van der Waals surface area contributed by atoms with Gasteiger partial charge in [0, 0.05) is 0 Å². The highest BCUT2D eigenvalue weighted by molar-refractivity contribution is 5.60. The van der Waals surface area contributed by atoms with E-state index in [2.05, 4.69) is 0 Å². The Balaban J connectivity index is 3.45. The van der Waals surface area contributed by atoms with Crippen molar-refractivity contribution in [3.63, 3.8) is 0 Å². The summed E-state index contributed by atoms with van der Waals surface area (Å²) < 4.78 is 0. The molecule has 0 saturated carbocycles. The first-order valence-corrected chi connectivity index (χ1v) is 1.68. The number of carbonyl (C=O) groups excluding carboxylic acids is 1. The van der Waals surface area contributed by atoms with Crippen molar-refractivity contribution in [1.29, 1.82) is 0 Å². The molecule has 1 N–H and O–H groups in total. The minimum absolute atomic E-state index is 1.26. The van der Waals surface area contributed by atoms with Crippen LogP contribution in [-0.2, 0) is 4.79 Å². The molecular formula is C4H7O2. The van der Waals surface area contributed by atoms with E-state index in [-0.39, 0.29) is 0 Å². The first kappa shape index (κ1) is 5.63. The van der Waals surface area contributed by atoms with E-state index in [1.165, 1.54) is 20.1 Å². The van der Waals surface area contributed by atoms with Crippen molar-refractivity contribution in [2.45, 2.75) is 19.4 Å². The first-order chi connectivity index (χ1) is 2.56. The van der Waals surface area contributed by atoms with Gasteiger partial charge in [-0.05, 0) is 13.8 Å². The Morgan fingerprint density at radius 1 is 1.67 bits per heavy atom. The molecule has 0 rings (SSSR count). The minimum atomic E-state index is -1.26. The van der Waals surface area contributed by atoms with Crippen LogP contribution in [0.1, 0.15) is 13.8 Å². The van der Waals surface area contributed by atoms with Crippen LogP contribution in [0.5, 0.6) is 0 Å². The Kier molecular flexibility index (Phi) is 1.30. The Labute approximate surface area is 36.8 Å². The van der Waals surface area contributed by atoms with Gasteiger partial charge < -0.3 is 5.11 Å². The van der Waals surface area contributed by atoms with Gasteiger partial charge in [-0.25, -0.2) is 0 Å². The molecule has 2 heteroatoms. The molecule has 0 atom stereocenters. The third kappa shape index (κ3) is 3.63. The maximum Gasteiger partial charge on any atom is 0.232 e. The fraction of sp³-hybridized carbons (Fsp3) is 0.750. The molecule has 0 aliphatic heterocycles. The van der Waals surface area contributed by atoms with Crippen LogP contribution in [0.15, 0.2) is 0 Å². The maximum atomic E-state index is 9.45. The van der Waals surface area contributed by atoms with E-state index in [1.54, 1.807) is 0 Å². The summed E-state index contributed by atoms with van der Waals surface area (Å²) >= 11 is 0. The molecule has 0 aromatic carbocycles. The van der Waals surface area contributed by atoms with Gasteiger partial charge in [-0.3, -0.25) is 4.79 Å². The average Bonchev–Trinajstić information content (AvgIpc) is 1.35. The van der Waals surface area contributed by atoms with Gasteiger partial charge in [0.05, 0.1) is 0 Å². The van der Waals surface area contributed by atoms with Crippen LogP contribution in [0.4, 0.5) is 0 Å². The number of aliphatic hydroxyl groups is 1. The molecule has 0 unspecified atom stereocenters. The van der Waals surface area contributed by atoms with Crippen molar-refractivity contribution in [1.82, 2.24) is 0 Å². The molecule has 0 aliphatic rings. The molecule has 0 amide bonds. The van der Waals surface area contributed by atoms with Gasteiger partial charge in [-0.15, -0.1) is 0 Å². The van der Waals surface area contributed by atoms with Gasteiger partial charge >= 0.3 is 0 Å². The zero-order valence-electron chi connectivity index (χ0n) is 3.86. The van der Waals surface area contributed by atoms with Crippen LogP contribution in [-0.4, -0.2) is 17.0 Å². The largest absolute Gasteiger partial charge is 0.382 e. The summed E-state index contributed by atoms with van der Waals surface area (Å²) in [7, 11) is 0. The molecule has 0 fully saturated rings. The summed E-state index contributed by atoms with van der Waals surface area (Å²) in [6.45, 7) is 2.75. The molecular weight excluding hydrogens is 80.0 g/mol. The SMILES string of the molecule is CC(C)(O)[C]=O. The zero-order valence-corrected chi connectivity index (χ0v) is 3.86. The molecule has 0 spiro atoms. The Bertz CT molecular complexity index is 51.1. The Hall–Kier alpha value is -0.370. The normalized spacial score (nSPS) is 11.2. The molecule has 1 radical (unpaired) electrons. The summed E-state index contributed by atoms with van der Waals surface area (Å²) in [4.78, 5) is 9.45. The van der Waals surface area contributed by atoms with Crippen molar-refractivity contribution >= 4 is 6.29 Å². The van der Waals surface area contributed by atoms with Crippen LogP contribution in [0.25, 0.3) is 0 Å². The third-order valence-electron chi connectivity index (χ3n) is 0.250. The summed E-state index contributed by atoms with van der Waals surface area (Å²) in [6.07, 6.45) is 1.41. The van der Waals surface area contributed by atoms with Crippen LogP contribution < -0.4 is 0 Å². The third-order valence-corrected chi connectivity index (χ3v) is 0.250.